The van der Waals surface area contributed by atoms with E-state index in [-0.39, 0.29) is 57.1 Å². The zero-order valence-electron chi connectivity index (χ0n) is 16.0. The van der Waals surface area contributed by atoms with Crippen LogP contribution in [0.1, 0.15) is 51.0 Å². The van der Waals surface area contributed by atoms with Crippen molar-refractivity contribution in [3.63, 3.8) is 0 Å². The SMILES string of the molecule is CCCCCCCCc1ccccc1Oc1cccc([O-])c1S(=O)(=O)O.[K+]. The maximum atomic E-state index is 11.8. The molecule has 2 aromatic rings. The summed E-state index contributed by atoms with van der Waals surface area (Å²) in [5.41, 5.74) is 0.945. The van der Waals surface area contributed by atoms with Crippen LogP contribution in [-0.2, 0) is 16.5 Å². The second kappa shape index (κ2) is 12.2. The number of aryl methyl sites for hydroxylation is 1. The summed E-state index contributed by atoms with van der Waals surface area (Å²) < 4.78 is 38.1. The summed E-state index contributed by atoms with van der Waals surface area (Å²) in [4.78, 5) is -0.727. The summed E-state index contributed by atoms with van der Waals surface area (Å²) in [6.07, 6.45) is 7.85. The van der Waals surface area contributed by atoms with E-state index in [4.69, 9.17) is 4.74 Å². The van der Waals surface area contributed by atoms with E-state index in [1.54, 1.807) is 12.1 Å². The van der Waals surface area contributed by atoms with E-state index >= 15 is 0 Å². The first-order valence-electron chi connectivity index (χ1n) is 8.96. The van der Waals surface area contributed by atoms with Gasteiger partial charge in [-0.25, -0.2) is 0 Å². The fourth-order valence-corrected chi connectivity index (χ4v) is 3.54. The van der Waals surface area contributed by atoms with Gasteiger partial charge in [0.2, 0.25) is 0 Å². The van der Waals surface area contributed by atoms with Crippen molar-refractivity contribution in [2.45, 2.75) is 56.8 Å². The molecular weight excluding hydrogens is 391 g/mol. The average Bonchev–Trinajstić information content (AvgIpc) is 2.58. The van der Waals surface area contributed by atoms with Crippen molar-refractivity contribution in [1.82, 2.24) is 0 Å². The number of para-hydroxylation sites is 1. The standard InChI is InChI=1S/C20H26O5S.K/c1-2-3-4-5-6-7-11-16-12-8-9-14-18(16)25-19-15-10-13-17(21)20(19)26(22,23)24;/h8-10,12-15,21H,2-7,11H2,1H3,(H,22,23,24);/q;+1/p-1. The predicted molar refractivity (Wildman–Crippen MR) is 99.3 cm³/mol. The second-order valence-corrected chi connectivity index (χ2v) is 7.64. The smallest absolute Gasteiger partial charge is 0.871 e. The molecule has 0 fully saturated rings. The largest absolute Gasteiger partial charge is 1.00 e. The Labute approximate surface area is 204 Å². The number of hydrogen-bond donors (Lipinski definition) is 1. The van der Waals surface area contributed by atoms with E-state index in [2.05, 4.69) is 6.92 Å². The van der Waals surface area contributed by atoms with Crippen LogP contribution in [0.2, 0.25) is 0 Å². The number of ether oxygens (including phenoxy) is 1. The quantitative estimate of drug-likeness (QED) is 0.362. The molecule has 0 aliphatic carbocycles. The Kier molecular flexibility index (Phi) is 11.1. The van der Waals surface area contributed by atoms with Crippen LogP contribution in [0.4, 0.5) is 0 Å². The molecule has 7 heteroatoms. The molecule has 0 unspecified atom stereocenters. The van der Waals surface area contributed by atoms with Gasteiger partial charge in [0.1, 0.15) is 16.4 Å². The summed E-state index contributed by atoms with van der Waals surface area (Å²) in [6, 6.07) is 11.2. The first-order chi connectivity index (χ1) is 12.4. The van der Waals surface area contributed by atoms with E-state index in [1.165, 1.54) is 37.8 Å². The van der Waals surface area contributed by atoms with Crippen molar-refractivity contribution in [2.75, 3.05) is 0 Å². The van der Waals surface area contributed by atoms with Crippen molar-refractivity contribution in [1.29, 1.82) is 0 Å². The Morgan fingerprint density at radius 3 is 2.26 bits per heavy atom. The summed E-state index contributed by atoms with van der Waals surface area (Å²) in [6.45, 7) is 2.19. The van der Waals surface area contributed by atoms with Crippen LogP contribution in [0.5, 0.6) is 17.2 Å². The molecule has 0 bridgehead atoms. The first kappa shape index (κ1) is 24.6. The molecule has 27 heavy (non-hydrogen) atoms. The molecule has 0 saturated carbocycles. The van der Waals surface area contributed by atoms with Crippen LogP contribution in [0.25, 0.3) is 0 Å². The van der Waals surface area contributed by atoms with Crippen LogP contribution in [0.3, 0.4) is 0 Å². The van der Waals surface area contributed by atoms with Crippen LogP contribution in [0, 0.1) is 0 Å². The molecule has 0 radical (unpaired) electrons. The molecule has 0 heterocycles. The van der Waals surface area contributed by atoms with Gasteiger partial charge in [-0.2, -0.15) is 8.42 Å². The minimum absolute atomic E-state index is 0. The summed E-state index contributed by atoms with van der Waals surface area (Å²) >= 11 is 0. The van der Waals surface area contributed by atoms with Gasteiger partial charge >= 0.3 is 51.4 Å². The van der Waals surface area contributed by atoms with E-state index in [0.29, 0.717) is 5.75 Å². The molecule has 5 nitrogen and oxygen atoms in total. The summed E-state index contributed by atoms with van der Waals surface area (Å²) in [7, 11) is -4.66. The number of rotatable bonds is 10. The van der Waals surface area contributed by atoms with Crippen molar-refractivity contribution in [3.8, 4) is 17.2 Å². The Morgan fingerprint density at radius 2 is 1.56 bits per heavy atom. The zero-order valence-corrected chi connectivity index (χ0v) is 19.9. The molecule has 0 aliphatic rings. The number of hydrogen-bond acceptors (Lipinski definition) is 4. The van der Waals surface area contributed by atoms with Crippen molar-refractivity contribution < 1.29 is 74.2 Å². The topological polar surface area (TPSA) is 86.7 Å². The van der Waals surface area contributed by atoms with Gasteiger partial charge in [-0.3, -0.25) is 4.55 Å². The van der Waals surface area contributed by atoms with E-state index < -0.39 is 20.8 Å². The van der Waals surface area contributed by atoms with E-state index in [0.717, 1.165) is 30.9 Å². The predicted octanol–water partition coefficient (Wildman–Crippen LogP) is 1.71. The minimum atomic E-state index is -4.66. The van der Waals surface area contributed by atoms with Gasteiger partial charge < -0.3 is 9.84 Å². The molecule has 2 aromatic carbocycles. The average molecular weight is 417 g/mol. The zero-order chi connectivity index (χ0) is 19.0. The second-order valence-electron chi connectivity index (χ2n) is 6.29. The Morgan fingerprint density at radius 1 is 0.926 bits per heavy atom. The number of unbranched alkanes of at least 4 members (excludes halogenated alkanes) is 5. The Bertz CT molecular complexity index is 821. The maximum absolute atomic E-state index is 11.8. The molecular formula is C20H25KO5S. The van der Waals surface area contributed by atoms with Crippen LogP contribution in [0.15, 0.2) is 47.4 Å². The van der Waals surface area contributed by atoms with Gasteiger partial charge in [0, 0.05) is 0 Å². The van der Waals surface area contributed by atoms with Crippen LogP contribution in [-0.4, -0.2) is 13.0 Å². The fraction of sp³-hybridized carbons (Fsp3) is 0.400. The molecule has 0 aliphatic heterocycles. The Hall–Kier alpha value is -0.414. The van der Waals surface area contributed by atoms with Crippen molar-refractivity contribution in [2.24, 2.45) is 0 Å². The van der Waals surface area contributed by atoms with E-state index in [9.17, 15) is 18.1 Å². The third kappa shape index (κ3) is 7.85. The molecule has 1 N–H and O–H groups in total. The summed E-state index contributed by atoms with van der Waals surface area (Å²) in [5, 5.41) is 11.8. The maximum Gasteiger partial charge on any atom is 1.00 e. The third-order valence-corrected chi connectivity index (χ3v) is 5.11. The number of benzene rings is 2. The minimum Gasteiger partial charge on any atom is -0.871 e. The van der Waals surface area contributed by atoms with Gasteiger partial charge in [-0.05, 0) is 30.5 Å². The Balaban J connectivity index is 0.00000364. The van der Waals surface area contributed by atoms with Gasteiger partial charge in [0.25, 0.3) is 10.1 Å². The molecule has 0 saturated heterocycles. The van der Waals surface area contributed by atoms with Crippen LogP contribution >= 0.6 is 0 Å². The molecule has 0 spiro atoms. The van der Waals surface area contributed by atoms with Gasteiger partial charge in [-0.15, -0.1) is 0 Å². The molecule has 0 atom stereocenters. The van der Waals surface area contributed by atoms with Crippen molar-refractivity contribution in [3.05, 3.63) is 48.0 Å². The first-order valence-corrected chi connectivity index (χ1v) is 10.4. The monoisotopic (exact) mass is 416 g/mol. The molecule has 2 rings (SSSR count). The fourth-order valence-electron chi connectivity index (χ4n) is 2.85. The van der Waals surface area contributed by atoms with Gasteiger partial charge in [0.15, 0.2) is 0 Å². The molecule has 142 valence electrons. The van der Waals surface area contributed by atoms with Gasteiger partial charge in [0.05, 0.1) is 0 Å². The molecule has 0 aromatic heterocycles. The van der Waals surface area contributed by atoms with Crippen LogP contribution < -0.4 is 61.2 Å². The third-order valence-electron chi connectivity index (χ3n) is 4.19. The normalized spacial score (nSPS) is 11.0. The van der Waals surface area contributed by atoms with Gasteiger partial charge in [-0.1, -0.05) is 75.1 Å². The molecule has 0 amide bonds. The van der Waals surface area contributed by atoms with Crippen molar-refractivity contribution >= 4 is 10.1 Å². The summed E-state index contributed by atoms with van der Waals surface area (Å²) in [5.74, 6) is -0.453. The van der Waals surface area contributed by atoms with E-state index in [1.807, 2.05) is 12.1 Å².